The van der Waals surface area contributed by atoms with Crippen molar-refractivity contribution in [3.63, 3.8) is 0 Å². The fourth-order valence-electron chi connectivity index (χ4n) is 3.57. The molecular weight excluding hydrogens is 340 g/mol. The monoisotopic (exact) mass is 360 g/mol. The molecule has 136 valence electrons. The molecule has 0 saturated carbocycles. The van der Waals surface area contributed by atoms with Crippen molar-refractivity contribution in [2.24, 2.45) is 12.0 Å². The number of aliphatic imine (C=N–C) groups is 1. The van der Waals surface area contributed by atoms with E-state index in [9.17, 15) is 0 Å². The van der Waals surface area contributed by atoms with Crippen molar-refractivity contribution in [2.75, 3.05) is 31.2 Å². The van der Waals surface area contributed by atoms with Crippen LogP contribution in [-0.2, 0) is 18.3 Å². The van der Waals surface area contributed by atoms with Crippen LogP contribution in [0.4, 0.5) is 5.82 Å². The first kappa shape index (κ1) is 16.1. The summed E-state index contributed by atoms with van der Waals surface area (Å²) in [6, 6.07) is 10.5. The first-order chi connectivity index (χ1) is 13.3. The SMILES string of the molecule is Cn1cnc(-c2ccc3c(c2)C(c2ccnc(N4CCOCC4)c2)=NC3)n1. The van der Waals surface area contributed by atoms with E-state index in [0.29, 0.717) is 6.54 Å². The number of nitrogens with zero attached hydrogens (tertiary/aromatic N) is 6. The molecule has 2 aliphatic heterocycles. The Morgan fingerprint density at radius 1 is 1.00 bits per heavy atom. The van der Waals surface area contributed by atoms with Crippen LogP contribution in [0, 0.1) is 0 Å². The maximum atomic E-state index is 5.45. The summed E-state index contributed by atoms with van der Waals surface area (Å²) in [5.74, 6) is 1.71. The Hall–Kier alpha value is -3.06. The van der Waals surface area contributed by atoms with Crippen LogP contribution < -0.4 is 4.90 Å². The van der Waals surface area contributed by atoms with Gasteiger partial charge in [-0.1, -0.05) is 12.1 Å². The predicted molar refractivity (Wildman–Crippen MR) is 103 cm³/mol. The van der Waals surface area contributed by atoms with Gasteiger partial charge in [-0.25, -0.2) is 9.97 Å². The minimum absolute atomic E-state index is 0.704. The van der Waals surface area contributed by atoms with Gasteiger partial charge in [0.15, 0.2) is 5.82 Å². The molecule has 0 unspecified atom stereocenters. The van der Waals surface area contributed by atoms with Crippen LogP contribution in [0.25, 0.3) is 11.4 Å². The molecule has 3 aromatic rings. The van der Waals surface area contributed by atoms with Crippen molar-refractivity contribution in [2.45, 2.75) is 6.54 Å². The standard InChI is InChI=1S/C20H20N6O/c1-25-13-23-20(24-25)15-2-3-16-12-22-19(17(16)10-15)14-4-5-21-18(11-14)26-6-8-27-9-7-26/h2-5,10-11,13H,6-9,12H2,1H3. The predicted octanol–water partition coefficient (Wildman–Crippen LogP) is 2.06. The van der Waals surface area contributed by atoms with Crippen LogP contribution in [0.3, 0.4) is 0 Å². The molecule has 5 rings (SSSR count). The Morgan fingerprint density at radius 3 is 2.70 bits per heavy atom. The lowest BCUT2D eigenvalue weighted by atomic mass is 9.98. The van der Waals surface area contributed by atoms with Crippen molar-refractivity contribution in [3.05, 3.63) is 59.5 Å². The molecule has 1 aromatic carbocycles. The Morgan fingerprint density at radius 2 is 1.89 bits per heavy atom. The summed E-state index contributed by atoms with van der Waals surface area (Å²) in [7, 11) is 1.88. The number of anilines is 1. The smallest absolute Gasteiger partial charge is 0.181 e. The van der Waals surface area contributed by atoms with Crippen LogP contribution in [0.15, 0.2) is 47.8 Å². The highest BCUT2D eigenvalue weighted by molar-refractivity contribution is 6.15. The molecule has 0 N–H and O–H groups in total. The van der Waals surface area contributed by atoms with Crippen LogP contribution >= 0.6 is 0 Å². The highest BCUT2D eigenvalue weighted by atomic mass is 16.5. The molecule has 2 aromatic heterocycles. The fraction of sp³-hybridized carbons (Fsp3) is 0.300. The number of pyridine rings is 1. The van der Waals surface area contributed by atoms with Crippen LogP contribution in [0.1, 0.15) is 16.7 Å². The normalized spacial score (nSPS) is 16.3. The van der Waals surface area contributed by atoms with Crippen LogP contribution in [0.5, 0.6) is 0 Å². The van der Waals surface area contributed by atoms with Gasteiger partial charge in [0.1, 0.15) is 12.1 Å². The van der Waals surface area contributed by atoms with E-state index in [1.54, 1.807) is 11.0 Å². The average molecular weight is 360 g/mol. The molecule has 7 heteroatoms. The fourth-order valence-corrected chi connectivity index (χ4v) is 3.57. The van der Waals surface area contributed by atoms with Gasteiger partial charge in [-0.2, -0.15) is 5.10 Å². The zero-order valence-corrected chi connectivity index (χ0v) is 15.2. The molecule has 0 aliphatic carbocycles. The number of rotatable bonds is 3. The number of ether oxygens (including phenoxy) is 1. The highest BCUT2D eigenvalue weighted by Crippen LogP contribution is 2.28. The second-order valence-corrected chi connectivity index (χ2v) is 6.78. The molecule has 0 atom stereocenters. The Kier molecular flexibility index (Phi) is 3.94. The number of hydrogen-bond acceptors (Lipinski definition) is 6. The lowest BCUT2D eigenvalue weighted by molar-refractivity contribution is 0.122. The maximum Gasteiger partial charge on any atom is 0.181 e. The zero-order chi connectivity index (χ0) is 18.2. The van der Waals surface area contributed by atoms with E-state index in [-0.39, 0.29) is 0 Å². The maximum absolute atomic E-state index is 5.45. The van der Waals surface area contributed by atoms with Gasteiger partial charge in [-0.15, -0.1) is 0 Å². The Balaban J connectivity index is 1.50. The third-order valence-corrected chi connectivity index (χ3v) is 4.98. The molecule has 0 amide bonds. The third-order valence-electron chi connectivity index (χ3n) is 4.98. The number of hydrogen-bond donors (Lipinski definition) is 0. The number of aryl methyl sites for hydroxylation is 1. The van der Waals surface area contributed by atoms with Gasteiger partial charge < -0.3 is 9.64 Å². The number of aromatic nitrogens is 4. The van der Waals surface area contributed by atoms with E-state index in [1.807, 2.05) is 19.3 Å². The van der Waals surface area contributed by atoms with Gasteiger partial charge >= 0.3 is 0 Å². The van der Waals surface area contributed by atoms with E-state index < -0.39 is 0 Å². The van der Waals surface area contributed by atoms with E-state index in [4.69, 9.17) is 9.73 Å². The summed E-state index contributed by atoms with van der Waals surface area (Å²) in [4.78, 5) is 16.0. The average Bonchev–Trinajstić information content (AvgIpc) is 3.34. The second-order valence-electron chi connectivity index (χ2n) is 6.78. The largest absolute Gasteiger partial charge is 0.378 e. The van der Waals surface area contributed by atoms with Crippen molar-refractivity contribution < 1.29 is 4.74 Å². The van der Waals surface area contributed by atoms with Crippen molar-refractivity contribution >= 4 is 11.5 Å². The van der Waals surface area contributed by atoms with Gasteiger partial charge in [0, 0.05) is 43.0 Å². The summed E-state index contributed by atoms with van der Waals surface area (Å²) in [6.45, 7) is 3.94. The van der Waals surface area contributed by atoms with E-state index >= 15 is 0 Å². The topological polar surface area (TPSA) is 68.4 Å². The minimum atomic E-state index is 0.704. The Bertz CT molecular complexity index is 1020. The summed E-state index contributed by atoms with van der Waals surface area (Å²) in [6.07, 6.45) is 3.58. The van der Waals surface area contributed by atoms with E-state index in [2.05, 4.69) is 44.2 Å². The number of benzene rings is 1. The molecule has 7 nitrogen and oxygen atoms in total. The van der Waals surface area contributed by atoms with E-state index in [1.165, 1.54) is 5.56 Å². The lowest BCUT2D eigenvalue weighted by Gasteiger charge is -2.28. The van der Waals surface area contributed by atoms with Gasteiger partial charge in [-0.3, -0.25) is 9.67 Å². The molecule has 1 saturated heterocycles. The minimum Gasteiger partial charge on any atom is -0.378 e. The van der Waals surface area contributed by atoms with Crippen molar-refractivity contribution in [1.82, 2.24) is 19.7 Å². The molecule has 4 heterocycles. The highest BCUT2D eigenvalue weighted by Gasteiger charge is 2.21. The second kappa shape index (κ2) is 6.59. The molecule has 27 heavy (non-hydrogen) atoms. The summed E-state index contributed by atoms with van der Waals surface area (Å²) in [5, 5.41) is 4.42. The molecule has 0 radical (unpaired) electrons. The summed E-state index contributed by atoms with van der Waals surface area (Å²) >= 11 is 0. The van der Waals surface area contributed by atoms with Gasteiger partial charge in [0.25, 0.3) is 0 Å². The van der Waals surface area contributed by atoms with Gasteiger partial charge in [0.05, 0.1) is 25.5 Å². The lowest BCUT2D eigenvalue weighted by Crippen LogP contribution is -2.36. The first-order valence-electron chi connectivity index (χ1n) is 9.11. The van der Waals surface area contributed by atoms with Gasteiger partial charge in [-0.05, 0) is 23.8 Å². The molecule has 0 spiro atoms. The summed E-state index contributed by atoms with van der Waals surface area (Å²) < 4.78 is 7.17. The molecule has 1 fully saturated rings. The Labute approximate surface area is 157 Å². The van der Waals surface area contributed by atoms with Crippen LogP contribution in [-0.4, -0.2) is 51.8 Å². The van der Waals surface area contributed by atoms with E-state index in [0.717, 1.165) is 60.3 Å². The molecule has 2 aliphatic rings. The van der Waals surface area contributed by atoms with Crippen molar-refractivity contribution in [3.8, 4) is 11.4 Å². The molecular formula is C20H20N6O. The van der Waals surface area contributed by atoms with Crippen LogP contribution in [0.2, 0.25) is 0 Å². The quantitative estimate of drug-likeness (QED) is 0.715. The van der Waals surface area contributed by atoms with Gasteiger partial charge in [0.2, 0.25) is 0 Å². The molecule has 0 bridgehead atoms. The summed E-state index contributed by atoms with van der Waals surface area (Å²) in [5.41, 5.74) is 5.50. The zero-order valence-electron chi connectivity index (χ0n) is 15.2. The third kappa shape index (κ3) is 3.00. The first-order valence-corrected chi connectivity index (χ1v) is 9.11. The number of fused-ring (bicyclic) bond motifs is 1. The number of morpholine rings is 1. The van der Waals surface area contributed by atoms with Crippen molar-refractivity contribution in [1.29, 1.82) is 0 Å².